The third-order valence-corrected chi connectivity index (χ3v) is 3.84. The summed E-state index contributed by atoms with van der Waals surface area (Å²) in [6, 6.07) is 9.76. The van der Waals surface area contributed by atoms with Gasteiger partial charge in [0, 0.05) is 21.9 Å². The molecule has 18 heavy (non-hydrogen) atoms. The number of aryl methyl sites for hydroxylation is 1. The monoisotopic (exact) mass is 263 g/mol. The number of hydrogen-bond donors (Lipinski definition) is 1. The van der Waals surface area contributed by atoms with Gasteiger partial charge in [-0.2, -0.15) is 0 Å². The van der Waals surface area contributed by atoms with Crippen molar-refractivity contribution < 1.29 is 9.47 Å². The molecule has 0 aliphatic heterocycles. The SMILES string of the molecule is COc1ccccc1OCc1cc(CN)sc1C. The minimum atomic E-state index is 0.544. The molecule has 1 aromatic heterocycles. The molecule has 1 heterocycles. The first-order chi connectivity index (χ1) is 8.74. The second-order valence-electron chi connectivity index (χ2n) is 3.94. The normalized spacial score (nSPS) is 10.4. The first kappa shape index (κ1) is 12.9. The first-order valence-corrected chi connectivity index (χ1v) is 6.60. The fraction of sp³-hybridized carbons (Fsp3) is 0.286. The summed E-state index contributed by atoms with van der Waals surface area (Å²) in [4.78, 5) is 2.44. The Hall–Kier alpha value is -1.52. The number of thiophene rings is 1. The lowest BCUT2D eigenvalue weighted by Gasteiger charge is -2.09. The third kappa shape index (κ3) is 2.83. The van der Waals surface area contributed by atoms with Gasteiger partial charge in [0.25, 0.3) is 0 Å². The molecule has 3 nitrogen and oxygen atoms in total. The second-order valence-corrected chi connectivity index (χ2v) is 5.28. The molecule has 2 N–H and O–H groups in total. The van der Waals surface area contributed by atoms with Crippen LogP contribution in [0, 0.1) is 6.92 Å². The molecule has 0 radical (unpaired) electrons. The topological polar surface area (TPSA) is 44.5 Å². The van der Waals surface area contributed by atoms with Gasteiger partial charge in [-0.25, -0.2) is 0 Å². The van der Waals surface area contributed by atoms with E-state index < -0.39 is 0 Å². The summed E-state index contributed by atoms with van der Waals surface area (Å²) in [6.45, 7) is 3.22. The van der Waals surface area contributed by atoms with E-state index in [-0.39, 0.29) is 0 Å². The Morgan fingerprint density at radius 3 is 2.56 bits per heavy atom. The van der Waals surface area contributed by atoms with E-state index in [2.05, 4.69) is 13.0 Å². The van der Waals surface area contributed by atoms with Crippen molar-refractivity contribution in [3.05, 3.63) is 45.6 Å². The van der Waals surface area contributed by atoms with Crippen LogP contribution in [0.5, 0.6) is 11.5 Å². The summed E-state index contributed by atoms with van der Waals surface area (Å²) in [5, 5.41) is 0. The summed E-state index contributed by atoms with van der Waals surface area (Å²) in [7, 11) is 1.64. The van der Waals surface area contributed by atoms with Crippen LogP contribution in [0.25, 0.3) is 0 Å². The molecular weight excluding hydrogens is 246 g/mol. The zero-order valence-electron chi connectivity index (χ0n) is 10.6. The average Bonchev–Trinajstić information content (AvgIpc) is 2.77. The average molecular weight is 263 g/mol. The van der Waals surface area contributed by atoms with Crippen LogP contribution in [-0.4, -0.2) is 7.11 Å². The molecule has 0 spiro atoms. The van der Waals surface area contributed by atoms with Gasteiger partial charge in [0.05, 0.1) is 7.11 Å². The highest BCUT2D eigenvalue weighted by Crippen LogP contribution is 2.28. The van der Waals surface area contributed by atoms with Gasteiger partial charge in [0.1, 0.15) is 6.61 Å². The van der Waals surface area contributed by atoms with Crippen LogP contribution in [0.3, 0.4) is 0 Å². The Kier molecular flexibility index (Phi) is 4.23. The maximum atomic E-state index is 5.79. The molecule has 0 amide bonds. The highest BCUT2D eigenvalue weighted by Gasteiger charge is 2.07. The van der Waals surface area contributed by atoms with E-state index in [1.807, 2.05) is 24.3 Å². The minimum Gasteiger partial charge on any atom is -0.493 e. The van der Waals surface area contributed by atoms with Gasteiger partial charge in [0.15, 0.2) is 11.5 Å². The molecule has 0 fully saturated rings. The third-order valence-electron chi connectivity index (χ3n) is 2.73. The van der Waals surface area contributed by atoms with E-state index in [1.54, 1.807) is 18.4 Å². The zero-order chi connectivity index (χ0) is 13.0. The van der Waals surface area contributed by atoms with Crippen molar-refractivity contribution >= 4 is 11.3 Å². The van der Waals surface area contributed by atoms with Gasteiger partial charge in [-0.15, -0.1) is 11.3 Å². The summed E-state index contributed by atoms with van der Waals surface area (Å²) in [5.41, 5.74) is 6.82. The van der Waals surface area contributed by atoms with Crippen LogP contribution in [-0.2, 0) is 13.2 Å². The highest BCUT2D eigenvalue weighted by atomic mass is 32.1. The molecule has 0 unspecified atom stereocenters. The lowest BCUT2D eigenvalue weighted by molar-refractivity contribution is 0.284. The molecular formula is C14H17NO2S. The van der Waals surface area contributed by atoms with Gasteiger partial charge >= 0.3 is 0 Å². The van der Waals surface area contributed by atoms with Crippen molar-refractivity contribution in [1.82, 2.24) is 0 Å². The number of methoxy groups -OCH3 is 1. The van der Waals surface area contributed by atoms with Gasteiger partial charge in [-0.1, -0.05) is 12.1 Å². The van der Waals surface area contributed by atoms with Crippen molar-refractivity contribution in [3.63, 3.8) is 0 Å². The summed E-state index contributed by atoms with van der Waals surface area (Å²) < 4.78 is 11.0. The summed E-state index contributed by atoms with van der Waals surface area (Å²) in [5.74, 6) is 1.52. The Bertz CT molecular complexity index is 522. The molecule has 0 saturated heterocycles. The van der Waals surface area contributed by atoms with E-state index in [1.165, 1.54) is 15.3 Å². The van der Waals surface area contributed by atoms with Gasteiger partial charge in [-0.05, 0) is 25.1 Å². The van der Waals surface area contributed by atoms with Crippen LogP contribution in [0.2, 0.25) is 0 Å². The molecule has 4 heteroatoms. The predicted octanol–water partition coefficient (Wildman–Crippen LogP) is 3.10. The number of nitrogens with two attached hydrogens (primary N) is 1. The quantitative estimate of drug-likeness (QED) is 0.901. The molecule has 0 saturated carbocycles. The smallest absolute Gasteiger partial charge is 0.161 e. The number of para-hydroxylation sites is 2. The molecule has 2 rings (SSSR count). The van der Waals surface area contributed by atoms with Crippen molar-refractivity contribution in [2.45, 2.75) is 20.1 Å². The Labute approximate surface area is 111 Å². The standard InChI is InChI=1S/C14H17NO2S/c1-10-11(7-12(8-15)18-10)9-17-14-6-4-3-5-13(14)16-2/h3-7H,8-9,15H2,1-2H3. The van der Waals surface area contributed by atoms with Crippen LogP contribution >= 0.6 is 11.3 Å². The number of rotatable bonds is 5. The summed E-state index contributed by atoms with van der Waals surface area (Å²) in [6.07, 6.45) is 0. The van der Waals surface area contributed by atoms with Crippen molar-refractivity contribution in [1.29, 1.82) is 0 Å². The largest absolute Gasteiger partial charge is 0.493 e. The Morgan fingerprint density at radius 2 is 1.94 bits per heavy atom. The number of hydrogen-bond acceptors (Lipinski definition) is 4. The Morgan fingerprint density at radius 1 is 1.22 bits per heavy atom. The molecule has 0 atom stereocenters. The molecule has 0 bridgehead atoms. The van der Waals surface area contributed by atoms with Crippen molar-refractivity contribution in [3.8, 4) is 11.5 Å². The lowest BCUT2D eigenvalue weighted by Crippen LogP contribution is -1.98. The van der Waals surface area contributed by atoms with Crippen LogP contribution in [0.15, 0.2) is 30.3 Å². The summed E-state index contributed by atoms with van der Waals surface area (Å²) >= 11 is 1.72. The molecule has 0 aliphatic carbocycles. The van der Waals surface area contributed by atoms with E-state index in [0.717, 1.165) is 11.5 Å². The highest BCUT2D eigenvalue weighted by molar-refractivity contribution is 7.12. The lowest BCUT2D eigenvalue weighted by atomic mass is 10.2. The fourth-order valence-corrected chi connectivity index (χ4v) is 2.65. The number of benzene rings is 1. The molecule has 0 aliphatic rings. The van der Waals surface area contributed by atoms with E-state index in [9.17, 15) is 0 Å². The van der Waals surface area contributed by atoms with Crippen LogP contribution in [0.4, 0.5) is 0 Å². The van der Waals surface area contributed by atoms with Crippen molar-refractivity contribution in [2.75, 3.05) is 7.11 Å². The second kappa shape index (κ2) is 5.89. The fourth-order valence-electron chi connectivity index (χ4n) is 1.73. The first-order valence-electron chi connectivity index (χ1n) is 5.78. The van der Waals surface area contributed by atoms with Gasteiger partial charge in [0.2, 0.25) is 0 Å². The van der Waals surface area contributed by atoms with Crippen LogP contribution in [0.1, 0.15) is 15.3 Å². The van der Waals surface area contributed by atoms with Gasteiger partial charge < -0.3 is 15.2 Å². The minimum absolute atomic E-state index is 0.544. The predicted molar refractivity (Wildman–Crippen MR) is 74.3 cm³/mol. The van der Waals surface area contributed by atoms with Crippen LogP contribution < -0.4 is 15.2 Å². The molecule has 2 aromatic rings. The number of ether oxygens (including phenoxy) is 2. The zero-order valence-corrected chi connectivity index (χ0v) is 11.4. The maximum Gasteiger partial charge on any atom is 0.161 e. The van der Waals surface area contributed by atoms with Gasteiger partial charge in [-0.3, -0.25) is 0 Å². The Balaban J connectivity index is 2.08. The van der Waals surface area contributed by atoms with Crippen molar-refractivity contribution in [2.24, 2.45) is 5.73 Å². The van der Waals surface area contributed by atoms with E-state index in [4.69, 9.17) is 15.2 Å². The van der Waals surface area contributed by atoms with E-state index >= 15 is 0 Å². The molecule has 96 valence electrons. The maximum absolute atomic E-state index is 5.79. The molecule has 1 aromatic carbocycles. The van der Waals surface area contributed by atoms with E-state index in [0.29, 0.717) is 13.2 Å².